The van der Waals surface area contributed by atoms with Crippen LogP contribution in [0.15, 0.2) is 36.4 Å². The normalized spacial score (nSPS) is 11.8. The fourth-order valence-corrected chi connectivity index (χ4v) is 5.67. The number of rotatable bonds is 6. The highest BCUT2D eigenvalue weighted by molar-refractivity contribution is 9.09. The molecule has 0 N–H and O–H groups in total. The van der Waals surface area contributed by atoms with Crippen LogP contribution in [-0.4, -0.2) is 10.7 Å². The van der Waals surface area contributed by atoms with Gasteiger partial charge in [0.15, 0.2) is 0 Å². The maximum Gasteiger partial charge on any atom is 0.0444 e. The van der Waals surface area contributed by atoms with Crippen LogP contribution in [0.3, 0.4) is 0 Å². The molecule has 0 spiro atoms. The molecule has 0 aliphatic carbocycles. The summed E-state index contributed by atoms with van der Waals surface area (Å²) < 4.78 is 0. The molecule has 0 saturated carbocycles. The van der Waals surface area contributed by atoms with Gasteiger partial charge < -0.3 is 0 Å². The zero-order valence-electron chi connectivity index (χ0n) is 11.3. The topological polar surface area (TPSA) is 0 Å². The summed E-state index contributed by atoms with van der Waals surface area (Å²) in [4.78, 5) is 2.86. The fourth-order valence-electron chi connectivity index (χ4n) is 2.30. The minimum atomic E-state index is -0.00575. The van der Waals surface area contributed by atoms with Gasteiger partial charge in [-0.1, -0.05) is 68.6 Å². The Morgan fingerprint density at radius 1 is 1.05 bits per heavy atom. The van der Waals surface area contributed by atoms with Crippen LogP contribution < -0.4 is 0 Å². The third kappa shape index (κ3) is 3.49. The van der Waals surface area contributed by atoms with Crippen molar-refractivity contribution in [1.29, 1.82) is 0 Å². The van der Waals surface area contributed by atoms with Gasteiger partial charge in [-0.05, 0) is 36.6 Å². The van der Waals surface area contributed by atoms with E-state index >= 15 is 0 Å². The minimum Gasteiger partial charge on any atom is -0.145 e. The molecule has 0 bridgehead atoms. The molecule has 1 aromatic carbocycles. The molecule has 0 amide bonds. The third-order valence-corrected chi connectivity index (χ3v) is 7.24. The summed E-state index contributed by atoms with van der Waals surface area (Å²) >= 11 is 15.7. The van der Waals surface area contributed by atoms with E-state index in [-0.39, 0.29) is 5.41 Å². The van der Waals surface area contributed by atoms with Gasteiger partial charge in [-0.25, -0.2) is 0 Å². The van der Waals surface area contributed by atoms with Gasteiger partial charge in [-0.3, -0.25) is 0 Å². The Labute approximate surface area is 146 Å². The van der Waals surface area contributed by atoms with Gasteiger partial charge in [0.2, 0.25) is 0 Å². The molecule has 0 saturated heterocycles. The monoisotopic (exact) mass is 434 g/mol. The maximum atomic E-state index is 6.43. The lowest BCUT2D eigenvalue weighted by Crippen LogP contribution is -2.33. The Morgan fingerprint density at radius 2 is 1.70 bits per heavy atom. The van der Waals surface area contributed by atoms with E-state index in [1.54, 1.807) is 0 Å². The lowest BCUT2D eigenvalue weighted by atomic mass is 9.81. The number of aryl methyl sites for hydroxylation is 1. The summed E-state index contributed by atoms with van der Waals surface area (Å²) in [6.45, 7) is 2.20. The van der Waals surface area contributed by atoms with Crippen LogP contribution >= 0.6 is 54.8 Å². The molecule has 0 aliphatic heterocycles. The molecule has 0 atom stereocenters. The molecule has 1 heterocycles. The average molecular weight is 437 g/mol. The Morgan fingerprint density at radius 3 is 2.25 bits per heavy atom. The van der Waals surface area contributed by atoms with Gasteiger partial charge in [-0.15, -0.1) is 11.3 Å². The lowest BCUT2D eigenvalue weighted by molar-refractivity contribution is 0.556. The molecule has 1 aromatic heterocycles. The Hall–Kier alpha value is 0.170. The van der Waals surface area contributed by atoms with E-state index in [2.05, 4.69) is 63.0 Å². The lowest BCUT2D eigenvalue weighted by Gasteiger charge is -2.31. The fraction of sp³-hybridized carbons (Fsp3) is 0.375. The molecule has 4 heteroatoms. The molecule has 2 rings (SSSR count). The highest BCUT2D eigenvalue weighted by Crippen LogP contribution is 2.38. The van der Waals surface area contributed by atoms with Crippen molar-refractivity contribution >= 4 is 54.8 Å². The van der Waals surface area contributed by atoms with Crippen LogP contribution in [0.2, 0.25) is 5.02 Å². The second-order valence-corrected chi connectivity index (χ2v) is 7.71. The van der Waals surface area contributed by atoms with E-state index in [9.17, 15) is 0 Å². The first kappa shape index (κ1) is 16.5. The molecule has 0 radical (unpaired) electrons. The van der Waals surface area contributed by atoms with Crippen molar-refractivity contribution in [3.05, 3.63) is 56.7 Å². The van der Waals surface area contributed by atoms with Gasteiger partial charge >= 0.3 is 0 Å². The summed E-state index contributed by atoms with van der Waals surface area (Å²) in [6.07, 6.45) is 2.10. The van der Waals surface area contributed by atoms with Crippen molar-refractivity contribution in [2.45, 2.75) is 25.2 Å². The molecule has 108 valence electrons. The molecule has 0 fully saturated rings. The highest BCUT2D eigenvalue weighted by Gasteiger charge is 2.32. The number of hydrogen-bond acceptors (Lipinski definition) is 1. The second kappa shape index (κ2) is 7.44. The van der Waals surface area contributed by atoms with Crippen molar-refractivity contribution in [3.8, 4) is 0 Å². The zero-order chi connectivity index (χ0) is 14.6. The predicted octanol–water partition coefficient (Wildman–Crippen LogP) is 6.23. The molecule has 0 aliphatic rings. The number of thiophene rings is 1. The van der Waals surface area contributed by atoms with Crippen LogP contribution in [0.4, 0.5) is 0 Å². The zero-order valence-corrected chi connectivity index (χ0v) is 16.1. The van der Waals surface area contributed by atoms with Gasteiger partial charge in [0, 0.05) is 30.9 Å². The average Bonchev–Trinajstić information content (AvgIpc) is 2.93. The molecular formula is C16H17Br2ClS. The first-order valence-corrected chi connectivity index (χ1v) is 10.0. The summed E-state index contributed by atoms with van der Waals surface area (Å²) in [5.41, 5.74) is 1.20. The Kier molecular flexibility index (Phi) is 6.15. The van der Waals surface area contributed by atoms with E-state index in [1.165, 1.54) is 15.3 Å². The number of hydrogen-bond donors (Lipinski definition) is 0. The Bertz CT molecular complexity index is 561. The molecule has 2 aromatic rings. The predicted molar refractivity (Wildman–Crippen MR) is 98.1 cm³/mol. The number of halogens is 3. The summed E-state index contributed by atoms with van der Waals surface area (Å²) in [5.74, 6) is 0. The van der Waals surface area contributed by atoms with Gasteiger partial charge in [0.05, 0.1) is 0 Å². The van der Waals surface area contributed by atoms with E-state index in [0.717, 1.165) is 28.5 Å². The van der Waals surface area contributed by atoms with Crippen molar-refractivity contribution in [2.75, 3.05) is 10.7 Å². The minimum absolute atomic E-state index is 0.00575. The first-order chi connectivity index (χ1) is 9.65. The smallest absolute Gasteiger partial charge is 0.0444 e. The van der Waals surface area contributed by atoms with Gasteiger partial charge in [0.1, 0.15) is 0 Å². The molecule has 0 unspecified atom stereocenters. The standard InChI is InChI=1S/C16H17Br2ClS/c1-2-12-7-8-13(20-12)9-16(10-17,11-18)14-5-3-4-6-15(14)19/h3-8H,2,9-11H2,1H3. The Balaban J connectivity index is 2.37. The van der Waals surface area contributed by atoms with E-state index < -0.39 is 0 Å². The quantitative estimate of drug-likeness (QED) is 0.471. The van der Waals surface area contributed by atoms with Crippen LogP contribution in [0, 0.1) is 0 Å². The van der Waals surface area contributed by atoms with Gasteiger partial charge in [-0.2, -0.15) is 0 Å². The van der Waals surface area contributed by atoms with Crippen molar-refractivity contribution < 1.29 is 0 Å². The van der Waals surface area contributed by atoms with Crippen LogP contribution in [0.25, 0.3) is 0 Å². The molecular weight excluding hydrogens is 420 g/mol. The maximum absolute atomic E-state index is 6.43. The molecule has 20 heavy (non-hydrogen) atoms. The number of alkyl halides is 2. The van der Waals surface area contributed by atoms with Crippen molar-refractivity contribution in [2.24, 2.45) is 0 Å². The van der Waals surface area contributed by atoms with E-state index in [4.69, 9.17) is 11.6 Å². The summed E-state index contributed by atoms with van der Waals surface area (Å²) in [7, 11) is 0. The summed E-state index contributed by atoms with van der Waals surface area (Å²) in [5, 5.41) is 2.61. The van der Waals surface area contributed by atoms with E-state index in [1.807, 2.05) is 23.5 Å². The van der Waals surface area contributed by atoms with Crippen LogP contribution in [-0.2, 0) is 18.3 Å². The first-order valence-electron chi connectivity index (χ1n) is 6.59. The summed E-state index contributed by atoms with van der Waals surface area (Å²) in [6, 6.07) is 12.6. The largest absolute Gasteiger partial charge is 0.145 e. The number of benzene rings is 1. The SMILES string of the molecule is CCc1ccc(CC(CBr)(CBr)c2ccccc2Cl)s1. The van der Waals surface area contributed by atoms with Crippen molar-refractivity contribution in [3.63, 3.8) is 0 Å². The van der Waals surface area contributed by atoms with Crippen LogP contribution in [0.1, 0.15) is 22.2 Å². The van der Waals surface area contributed by atoms with Crippen LogP contribution in [0.5, 0.6) is 0 Å². The third-order valence-electron chi connectivity index (χ3n) is 3.54. The molecule has 0 nitrogen and oxygen atoms in total. The van der Waals surface area contributed by atoms with E-state index in [0.29, 0.717) is 0 Å². The van der Waals surface area contributed by atoms with Crippen molar-refractivity contribution in [1.82, 2.24) is 0 Å². The second-order valence-electron chi connectivity index (χ2n) is 4.93. The highest BCUT2D eigenvalue weighted by atomic mass is 79.9. The van der Waals surface area contributed by atoms with Gasteiger partial charge in [0.25, 0.3) is 0 Å².